The van der Waals surface area contributed by atoms with Gasteiger partial charge in [0.05, 0.1) is 4.92 Å². The first kappa shape index (κ1) is 18.6. The van der Waals surface area contributed by atoms with E-state index in [0.717, 1.165) is 58.3 Å². The predicted molar refractivity (Wildman–Crippen MR) is 102 cm³/mol. The van der Waals surface area contributed by atoms with E-state index in [-0.39, 0.29) is 22.6 Å². The van der Waals surface area contributed by atoms with Crippen LogP contribution in [0.2, 0.25) is 0 Å². The van der Waals surface area contributed by atoms with Crippen molar-refractivity contribution in [1.29, 1.82) is 0 Å². The first-order chi connectivity index (χ1) is 12.6. The zero-order chi connectivity index (χ0) is 18.5. The second-order valence-electron chi connectivity index (χ2n) is 7.13. The highest BCUT2D eigenvalue weighted by Gasteiger charge is 2.28. The Labute approximate surface area is 154 Å². The van der Waals surface area contributed by atoms with E-state index < -0.39 is 0 Å². The SMILES string of the molecule is CCCN(C(=O)c1ccc(N2CCCC2)c([N+](=O)[O-])c1)C1CCNCC1. The van der Waals surface area contributed by atoms with Gasteiger partial charge in [0.25, 0.3) is 11.6 Å². The minimum atomic E-state index is -0.362. The maximum Gasteiger partial charge on any atom is 0.293 e. The number of piperidine rings is 1. The van der Waals surface area contributed by atoms with Crippen LogP contribution in [0.25, 0.3) is 0 Å². The van der Waals surface area contributed by atoms with Crippen LogP contribution in [0.3, 0.4) is 0 Å². The molecule has 7 nitrogen and oxygen atoms in total. The molecular weight excluding hydrogens is 332 g/mol. The minimum absolute atomic E-state index is 0.0412. The van der Waals surface area contributed by atoms with Gasteiger partial charge >= 0.3 is 0 Å². The summed E-state index contributed by atoms with van der Waals surface area (Å²) in [5.41, 5.74) is 1.10. The van der Waals surface area contributed by atoms with Crippen molar-refractivity contribution in [3.05, 3.63) is 33.9 Å². The fourth-order valence-electron chi connectivity index (χ4n) is 4.00. The first-order valence-corrected chi connectivity index (χ1v) is 9.67. The smallest absolute Gasteiger partial charge is 0.293 e. The average molecular weight is 360 g/mol. The Morgan fingerprint density at radius 1 is 1.31 bits per heavy atom. The molecule has 0 radical (unpaired) electrons. The monoisotopic (exact) mass is 360 g/mol. The summed E-state index contributed by atoms with van der Waals surface area (Å²) in [4.78, 5) is 28.3. The van der Waals surface area contributed by atoms with Gasteiger partial charge < -0.3 is 15.1 Å². The third-order valence-corrected chi connectivity index (χ3v) is 5.34. The molecule has 26 heavy (non-hydrogen) atoms. The summed E-state index contributed by atoms with van der Waals surface area (Å²) in [5.74, 6) is -0.0881. The topological polar surface area (TPSA) is 78.7 Å². The summed E-state index contributed by atoms with van der Waals surface area (Å²) in [6.07, 6.45) is 4.85. The number of anilines is 1. The lowest BCUT2D eigenvalue weighted by Crippen LogP contribution is -2.46. The molecule has 1 aromatic carbocycles. The quantitative estimate of drug-likeness (QED) is 0.623. The Balaban J connectivity index is 1.87. The summed E-state index contributed by atoms with van der Waals surface area (Å²) in [5, 5.41) is 14.9. The Morgan fingerprint density at radius 3 is 2.62 bits per heavy atom. The fourth-order valence-corrected chi connectivity index (χ4v) is 4.00. The van der Waals surface area contributed by atoms with E-state index in [1.165, 1.54) is 6.07 Å². The van der Waals surface area contributed by atoms with Crippen molar-refractivity contribution in [2.24, 2.45) is 0 Å². The second-order valence-corrected chi connectivity index (χ2v) is 7.13. The normalized spacial score (nSPS) is 18.1. The van der Waals surface area contributed by atoms with Crippen molar-refractivity contribution in [3.63, 3.8) is 0 Å². The van der Waals surface area contributed by atoms with E-state index >= 15 is 0 Å². The molecule has 2 aliphatic heterocycles. The van der Waals surface area contributed by atoms with Crippen LogP contribution in [0, 0.1) is 10.1 Å². The van der Waals surface area contributed by atoms with Crippen molar-refractivity contribution in [3.8, 4) is 0 Å². The number of amides is 1. The summed E-state index contributed by atoms with van der Waals surface area (Å²) in [6.45, 7) is 6.24. The average Bonchev–Trinajstić information content (AvgIpc) is 3.20. The molecule has 2 saturated heterocycles. The number of carbonyl (C=O) groups excluding carboxylic acids is 1. The number of nitro groups is 1. The molecule has 2 fully saturated rings. The van der Waals surface area contributed by atoms with E-state index in [0.29, 0.717) is 17.8 Å². The first-order valence-electron chi connectivity index (χ1n) is 9.67. The van der Waals surface area contributed by atoms with Gasteiger partial charge in [0, 0.05) is 37.3 Å². The third-order valence-electron chi connectivity index (χ3n) is 5.34. The molecule has 0 spiro atoms. The summed E-state index contributed by atoms with van der Waals surface area (Å²) < 4.78 is 0. The van der Waals surface area contributed by atoms with Crippen LogP contribution in [-0.2, 0) is 0 Å². The van der Waals surface area contributed by atoms with Gasteiger partial charge in [-0.1, -0.05) is 6.92 Å². The van der Waals surface area contributed by atoms with E-state index in [9.17, 15) is 14.9 Å². The molecule has 0 bridgehead atoms. The zero-order valence-electron chi connectivity index (χ0n) is 15.4. The minimum Gasteiger partial charge on any atom is -0.366 e. The van der Waals surface area contributed by atoms with Gasteiger partial charge in [0.1, 0.15) is 5.69 Å². The van der Waals surface area contributed by atoms with E-state index in [1.54, 1.807) is 12.1 Å². The number of carbonyl (C=O) groups is 1. The third kappa shape index (κ3) is 3.98. The highest BCUT2D eigenvalue weighted by molar-refractivity contribution is 5.96. The molecular formula is C19H28N4O3. The number of nitrogens with one attached hydrogen (secondary N) is 1. The van der Waals surface area contributed by atoms with E-state index in [1.807, 2.05) is 9.80 Å². The summed E-state index contributed by atoms with van der Waals surface area (Å²) in [6, 6.07) is 5.19. The standard InChI is InChI=1S/C19H28N4O3/c1-2-11-22(16-7-9-20-10-8-16)19(24)15-5-6-17(18(14-15)23(25)26)21-12-3-4-13-21/h5-6,14,16,20H,2-4,7-13H2,1H3. The van der Waals surface area contributed by atoms with Gasteiger partial charge in [0.2, 0.25) is 0 Å². The van der Waals surface area contributed by atoms with Crippen LogP contribution in [0.1, 0.15) is 49.4 Å². The Kier molecular flexibility index (Phi) is 6.08. The van der Waals surface area contributed by atoms with Gasteiger partial charge in [0.15, 0.2) is 0 Å². The van der Waals surface area contributed by atoms with Crippen molar-refractivity contribution in [2.75, 3.05) is 37.6 Å². The van der Waals surface area contributed by atoms with Gasteiger partial charge in [-0.2, -0.15) is 0 Å². The maximum absolute atomic E-state index is 13.1. The van der Waals surface area contributed by atoms with Crippen LogP contribution in [-0.4, -0.2) is 54.5 Å². The van der Waals surface area contributed by atoms with Crippen molar-refractivity contribution < 1.29 is 9.72 Å². The lowest BCUT2D eigenvalue weighted by molar-refractivity contribution is -0.384. The number of nitrogens with zero attached hydrogens (tertiary/aromatic N) is 3. The molecule has 0 atom stereocenters. The predicted octanol–water partition coefficient (Wildman–Crippen LogP) is 2.80. The van der Waals surface area contributed by atoms with Crippen molar-refractivity contribution in [2.45, 2.75) is 45.1 Å². The lowest BCUT2D eigenvalue weighted by atomic mass is 10.0. The second kappa shape index (κ2) is 8.49. The van der Waals surface area contributed by atoms with Crippen molar-refractivity contribution >= 4 is 17.3 Å². The van der Waals surface area contributed by atoms with Gasteiger partial charge in [-0.15, -0.1) is 0 Å². The molecule has 0 aliphatic carbocycles. The van der Waals surface area contributed by atoms with Gasteiger partial charge in [-0.3, -0.25) is 14.9 Å². The number of rotatable bonds is 6. The molecule has 7 heteroatoms. The molecule has 3 rings (SSSR count). The zero-order valence-corrected chi connectivity index (χ0v) is 15.4. The fraction of sp³-hybridized carbons (Fsp3) is 0.632. The van der Waals surface area contributed by atoms with Crippen LogP contribution < -0.4 is 10.2 Å². The largest absolute Gasteiger partial charge is 0.366 e. The molecule has 2 aliphatic rings. The molecule has 1 aromatic rings. The molecule has 1 N–H and O–H groups in total. The van der Waals surface area contributed by atoms with Crippen LogP contribution in [0.4, 0.5) is 11.4 Å². The van der Waals surface area contributed by atoms with Crippen LogP contribution in [0.5, 0.6) is 0 Å². The van der Waals surface area contributed by atoms with Gasteiger partial charge in [-0.05, 0) is 57.3 Å². The number of benzene rings is 1. The molecule has 0 unspecified atom stereocenters. The number of nitro benzene ring substituents is 1. The van der Waals surface area contributed by atoms with Crippen molar-refractivity contribution in [1.82, 2.24) is 10.2 Å². The maximum atomic E-state index is 13.1. The molecule has 142 valence electrons. The molecule has 2 heterocycles. The summed E-state index contributed by atoms with van der Waals surface area (Å²) in [7, 11) is 0. The Bertz CT molecular complexity index is 652. The van der Waals surface area contributed by atoms with Crippen LogP contribution in [0.15, 0.2) is 18.2 Å². The molecule has 1 amide bonds. The molecule has 0 aromatic heterocycles. The van der Waals surface area contributed by atoms with Crippen LogP contribution >= 0.6 is 0 Å². The highest BCUT2D eigenvalue weighted by Crippen LogP contribution is 2.32. The highest BCUT2D eigenvalue weighted by atomic mass is 16.6. The lowest BCUT2D eigenvalue weighted by Gasteiger charge is -2.34. The Morgan fingerprint density at radius 2 is 2.00 bits per heavy atom. The number of hydrogen-bond acceptors (Lipinski definition) is 5. The van der Waals surface area contributed by atoms with Gasteiger partial charge in [-0.25, -0.2) is 0 Å². The van der Waals surface area contributed by atoms with E-state index in [2.05, 4.69) is 12.2 Å². The molecule has 0 saturated carbocycles. The Hall–Kier alpha value is -2.15. The summed E-state index contributed by atoms with van der Waals surface area (Å²) >= 11 is 0. The number of hydrogen-bond donors (Lipinski definition) is 1. The van der Waals surface area contributed by atoms with E-state index in [4.69, 9.17) is 0 Å².